The zero-order valence-corrected chi connectivity index (χ0v) is 28.7. The van der Waals surface area contributed by atoms with Gasteiger partial charge < -0.3 is 9.97 Å². The van der Waals surface area contributed by atoms with Crippen LogP contribution in [-0.4, -0.2) is 19.9 Å². The topological polar surface area (TPSA) is 51.6 Å². The van der Waals surface area contributed by atoms with Crippen LogP contribution in [0.5, 0.6) is 0 Å². The quantitative estimate of drug-likeness (QED) is 0.167. The molecule has 0 aliphatic carbocycles. The Balaban J connectivity index is 0.000000250. The van der Waals surface area contributed by atoms with Crippen molar-refractivity contribution in [1.82, 2.24) is 19.9 Å². The molecule has 4 nitrogen and oxygen atoms in total. The van der Waals surface area contributed by atoms with Gasteiger partial charge in [0.2, 0.25) is 0 Å². The molecule has 3 heterocycles. The summed E-state index contributed by atoms with van der Waals surface area (Å²) in [6, 6.07) is 43.6. The summed E-state index contributed by atoms with van der Waals surface area (Å²) in [5, 5.41) is 1.04. The summed E-state index contributed by atoms with van der Waals surface area (Å²) in [4.78, 5) is 17.7. The number of nitrogens with zero attached hydrogens (tertiary/aromatic N) is 4. The number of hydrogen-bond acceptors (Lipinski definition) is 4. The number of fused-ring (bicyclic) bond motifs is 1. The van der Waals surface area contributed by atoms with E-state index in [1.165, 1.54) is 16.7 Å². The summed E-state index contributed by atoms with van der Waals surface area (Å²) in [6.07, 6.45) is 7.16. The summed E-state index contributed by atoms with van der Waals surface area (Å²) in [5.41, 5.74) is 12.0. The van der Waals surface area contributed by atoms with E-state index in [9.17, 15) is 0 Å². The van der Waals surface area contributed by atoms with Gasteiger partial charge in [-0.15, -0.1) is 65.7 Å². The van der Waals surface area contributed by atoms with Crippen LogP contribution >= 0.6 is 0 Å². The maximum absolute atomic E-state index is 4.67. The molecule has 0 bridgehead atoms. The Morgan fingerprint density at radius 2 is 1.37 bits per heavy atom. The van der Waals surface area contributed by atoms with Crippen molar-refractivity contribution < 1.29 is 20.1 Å². The predicted molar refractivity (Wildman–Crippen MR) is 184 cm³/mol. The number of pyridine rings is 2. The number of hydrogen-bond donors (Lipinski definition) is 0. The van der Waals surface area contributed by atoms with E-state index >= 15 is 0 Å². The molecule has 0 aliphatic heterocycles. The van der Waals surface area contributed by atoms with Crippen molar-refractivity contribution in [3.05, 3.63) is 157 Å². The van der Waals surface area contributed by atoms with E-state index < -0.39 is 0 Å². The summed E-state index contributed by atoms with van der Waals surface area (Å²) in [6.45, 7) is 8.76. The van der Waals surface area contributed by atoms with E-state index in [1.807, 2.05) is 67.0 Å². The van der Waals surface area contributed by atoms with Crippen molar-refractivity contribution in [1.29, 1.82) is 0 Å². The van der Waals surface area contributed by atoms with Crippen LogP contribution in [0.1, 0.15) is 31.9 Å². The Morgan fingerprint density at radius 3 is 2.09 bits per heavy atom. The molecule has 0 saturated heterocycles. The normalized spacial score (nSPS) is 10.9. The Bertz CT molecular complexity index is 2030. The number of aryl methyl sites for hydroxylation is 1. The SMILES string of the molecule is CC(C)(C)c1ccc(-c2ccc(-c3cc[c-]c(-c4ccccn4)c3)c3ncncc23)cc1.Cc1ccnc(-c2[c-]cccc2)c1.[Ir]. The van der Waals surface area contributed by atoms with Crippen LogP contribution < -0.4 is 0 Å². The first-order valence-corrected chi connectivity index (χ1v) is 15.0. The van der Waals surface area contributed by atoms with Crippen molar-refractivity contribution in [2.24, 2.45) is 0 Å². The minimum absolute atomic E-state index is 0. The maximum Gasteiger partial charge on any atom is 0.116 e. The third kappa shape index (κ3) is 7.51. The summed E-state index contributed by atoms with van der Waals surface area (Å²) >= 11 is 0. The molecule has 0 atom stereocenters. The molecule has 3 aromatic heterocycles. The van der Waals surface area contributed by atoms with Gasteiger partial charge in [0.25, 0.3) is 0 Å². The van der Waals surface area contributed by atoms with Crippen molar-refractivity contribution in [3.63, 3.8) is 0 Å². The molecule has 0 unspecified atom stereocenters. The Hall–Kier alpha value is -4.83. The van der Waals surface area contributed by atoms with Gasteiger partial charge in [0.05, 0.1) is 5.52 Å². The zero-order valence-electron chi connectivity index (χ0n) is 26.3. The van der Waals surface area contributed by atoms with Gasteiger partial charge >= 0.3 is 0 Å². The fourth-order valence-electron chi connectivity index (χ4n) is 5.25. The van der Waals surface area contributed by atoms with E-state index in [0.717, 1.165) is 50.1 Å². The van der Waals surface area contributed by atoms with Crippen LogP contribution in [0, 0.1) is 19.1 Å². The van der Waals surface area contributed by atoms with Crippen LogP contribution in [0.4, 0.5) is 0 Å². The van der Waals surface area contributed by atoms with Gasteiger partial charge in [0.15, 0.2) is 0 Å². The van der Waals surface area contributed by atoms with Crippen molar-refractivity contribution in [2.75, 3.05) is 0 Å². The standard InChI is InChI=1S/C29H24N3.C12H10N.Ir/c1-29(2,3)23-12-10-20(11-13-23)24-14-15-25(28-26(24)18-30-19-32-28)21-7-6-8-22(17-21)27-9-4-5-16-31-27;1-10-7-8-13-12(9-10)11-5-3-2-4-6-11;/h4-7,9-19H,1-3H3;2-5,7-9H,1H3;/q2*-1;. The molecule has 0 saturated carbocycles. The van der Waals surface area contributed by atoms with Gasteiger partial charge in [0.1, 0.15) is 6.33 Å². The second-order valence-electron chi connectivity index (χ2n) is 12.0. The summed E-state index contributed by atoms with van der Waals surface area (Å²) < 4.78 is 0. The number of aromatic nitrogens is 4. The fourth-order valence-corrected chi connectivity index (χ4v) is 5.25. The smallest absolute Gasteiger partial charge is 0.116 e. The average molecular weight is 775 g/mol. The van der Waals surface area contributed by atoms with Gasteiger partial charge in [-0.25, -0.2) is 9.97 Å². The predicted octanol–water partition coefficient (Wildman–Crippen LogP) is 9.98. The molecule has 7 aromatic rings. The third-order valence-electron chi connectivity index (χ3n) is 7.69. The molecule has 0 spiro atoms. The second kappa shape index (κ2) is 14.5. The van der Waals surface area contributed by atoms with Gasteiger partial charge in [0, 0.05) is 44.1 Å². The first-order chi connectivity index (χ1) is 21.9. The maximum atomic E-state index is 4.67. The third-order valence-corrected chi connectivity index (χ3v) is 7.69. The second-order valence-corrected chi connectivity index (χ2v) is 12.0. The molecule has 46 heavy (non-hydrogen) atoms. The molecule has 0 fully saturated rings. The van der Waals surface area contributed by atoms with Gasteiger partial charge in [-0.1, -0.05) is 86.5 Å². The van der Waals surface area contributed by atoms with Crippen LogP contribution in [-0.2, 0) is 25.5 Å². The Labute approximate surface area is 285 Å². The zero-order chi connectivity index (χ0) is 31.2. The first-order valence-electron chi connectivity index (χ1n) is 15.0. The molecular formula is C41H34IrN4-2. The largest absolute Gasteiger partial charge is 0.305 e. The summed E-state index contributed by atoms with van der Waals surface area (Å²) in [7, 11) is 0. The minimum Gasteiger partial charge on any atom is -0.305 e. The van der Waals surface area contributed by atoms with E-state index in [2.05, 4.69) is 114 Å². The van der Waals surface area contributed by atoms with Crippen LogP contribution in [0.15, 0.2) is 134 Å². The van der Waals surface area contributed by atoms with Crippen molar-refractivity contribution in [2.45, 2.75) is 33.1 Å². The Kier molecular flexibility index (Phi) is 10.3. The first kappa shape index (κ1) is 32.6. The number of benzene rings is 4. The van der Waals surface area contributed by atoms with E-state index in [0.29, 0.717) is 0 Å². The van der Waals surface area contributed by atoms with E-state index in [4.69, 9.17) is 0 Å². The number of rotatable bonds is 4. The van der Waals surface area contributed by atoms with Crippen LogP contribution in [0.2, 0.25) is 0 Å². The van der Waals surface area contributed by atoms with E-state index in [1.54, 1.807) is 12.5 Å². The summed E-state index contributed by atoms with van der Waals surface area (Å²) in [5.74, 6) is 0. The molecule has 0 N–H and O–H groups in total. The molecule has 229 valence electrons. The van der Waals surface area contributed by atoms with Crippen LogP contribution in [0.3, 0.4) is 0 Å². The van der Waals surface area contributed by atoms with Crippen molar-refractivity contribution >= 4 is 10.9 Å². The molecular weight excluding hydrogens is 741 g/mol. The molecule has 0 amide bonds. The Morgan fingerprint density at radius 1 is 0.609 bits per heavy atom. The molecule has 7 rings (SSSR count). The van der Waals surface area contributed by atoms with E-state index in [-0.39, 0.29) is 25.5 Å². The molecule has 1 radical (unpaired) electrons. The average Bonchev–Trinajstić information content (AvgIpc) is 3.09. The fraction of sp³-hybridized carbons (Fsp3) is 0.122. The van der Waals surface area contributed by atoms with Crippen LogP contribution in [0.25, 0.3) is 55.7 Å². The minimum atomic E-state index is 0. The molecule has 5 heteroatoms. The molecule has 4 aromatic carbocycles. The van der Waals surface area contributed by atoms with Gasteiger partial charge in [-0.3, -0.25) is 0 Å². The molecule has 0 aliphatic rings. The van der Waals surface area contributed by atoms with Gasteiger partial charge in [-0.05, 0) is 58.1 Å². The monoisotopic (exact) mass is 775 g/mol. The van der Waals surface area contributed by atoms with Crippen molar-refractivity contribution in [3.8, 4) is 44.8 Å². The van der Waals surface area contributed by atoms with Gasteiger partial charge in [-0.2, -0.15) is 0 Å².